The van der Waals surface area contributed by atoms with E-state index in [1.807, 2.05) is 36.1 Å². The monoisotopic (exact) mass is 522 g/mol. The molecule has 0 aliphatic carbocycles. The zero-order valence-corrected chi connectivity index (χ0v) is 21.8. The number of thiophene rings is 1. The fourth-order valence-corrected chi connectivity index (χ4v) is 5.66. The first-order valence-corrected chi connectivity index (χ1v) is 13.3. The number of hydrogen-bond donors (Lipinski definition) is 0. The Balaban J connectivity index is 1.33. The van der Waals surface area contributed by atoms with Gasteiger partial charge in [0.05, 0.1) is 13.2 Å². The van der Waals surface area contributed by atoms with Crippen LogP contribution >= 0.6 is 11.3 Å². The van der Waals surface area contributed by atoms with E-state index in [1.54, 1.807) is 41.5 Å². The summed E-state index contributed by atoms with van der Waals surface area (Å²) in [4.78, 5) is 31.8. The fraction of sp³-hybridized carbons (Fsp3) is 0.357. The van der Waals surface area contributed by atoms with Gasteiger partial charge in [-0.05, 0) is 60.2 Å². The van der Waals surface area contributed by atoms with Crippen molar-refractivity contribution >= 4 is 23.2 Å². The summed E-state index contributed by atoms with van der Waals surface area (Å²) in [7, 11) is 1.62. The summed E-state index contributed by atoms with van der Waals surface area (Å²) in [5.74, 6) is 2.25. The summed E-state index contributed by atoms with van der Waals surface area (Å²) in [6.07, 6.45) is 1.53. The minimum atomic E-state index is -0.238. The first-order chi connectivity index (χ1) is 18.1. The van der Waals surface area contributed by atoms with Gasteiger partial charge in [0.25, 0.3) is 5.91 Å². The van der Waals surface area contributed by atoms with Crippen molar-refractivity contribution in [2.75, 3.05) is 40.1 Å². The predicted octanol–water partition coefficient (Wildman–Crippen LogP) is 4.54. The zero-order valence-electron chi connectivity index (χ0n) is 21.0. The van der Waals surface area contributed by atoms with Crippen LogP contribution in [0.5, 0.6) is 23.0 Å². The van der Waals surface area contributed by atoms with E-state index in [4.69, 9.17) is 18.9 Å². The number of rotatable bonds is 9. The Bertz CT molecular complexity index is 1280. The Morgan fingerprint density at radius 1 is 1.11 bits per heavy atom. The van der Waals surface area contributed by atoms with Crippen LogP contribution in [0.4, 0.5) is 0 Å². The molecule has 0 unspecified atom stereocenters. The molecule has 2 amide bonds. The van der Waals surface area contributed by atoms with Gasteiger partial charge in [-0.25, -0.2) is 0 Å². The molecule has 1 atom stereocenters. The number of ether oxygens (including phenoxy) is 4. The molecule has 0 fully saturated rings. The number of benzene rings is 2. The normalized spacial score (nSPS) is 15.7. The van der Waals surface area contributed by atoms with Gasteiger partial charge in [0.1, 0.15) is 24.7 Å². The highest BCUT2D eigenvalue weighted by Crippen LogP contribution is 2.35. The summed E-state index contributed by atoms with van der Waals surface area (Å²) in [6, 6.07) is 14.4. The molecule has 3 aromatic rings. The lowest BCUT2D eigenvalue weighted by Crippen LogP contribution is -2.48. The van der Waals surface area contributed by atoms with Crippen molar-refractivity contribution in [2.24, 2.45) is 0 Å². The number of hydrogen-bond acceptors (Lipinski definition) is 7. The van der Waals surface area contributed by atoms with E-state index in [-0.39, 0.29) is 31.2 Å². The van der Waals surface area contributed by atoms with Gasteiger partial charge in [-0.15, -0.1) is 11.3 Å². The molecule has 9 heteroatoms. The molecular weight excluding hydrogens is 492 g/mol. The van der Waals surface area contributed by atoms with Crippen molar-refractivity contribution in [3.05, 3.63) is 69.9 Å². The summed E-state index contributed by atoms with van der Waals surface area (Å²) in [6.45, 7) is 3.50. The average Bonchev–Trinajstić information content (AvgIpc) is 3.60. The summed E-state index contributed by atoms with van der Waals surface area (Å²) >= 11 is 1.70. The van der Waals surface area contributed by atoms with Gasteiger partial charge in [-0.2, -0.15) is 0 Å². The number of carbonyl (C=O) groups is 2. The molecule has 8 nitrogen and oxygen atoms in total. The van der Waals surface area contributed by atoms with Crippen LogP contribution < -0.4 is 18.9 Å². The van der Waals surface area contributed by atoms with E-state index in [2.05, 4.69) is 11.4 Å². The fourth-order valence-electron chi connectivity index (χ4n) is 4.73. The molecule has 2 aliphatic heterocycles. The largest absolute Gasteiger partial charge is 0.497 e. The summed E-state index contributed by atoms with van der Waals surface area (Å²) in [5.41, 5.74) is 1.58. The third kappa shape index (κ3) is 5.36. The predicted molar refractivity (Wildman–Crippen MR) is 140 cm³/mol. The maximum absolute atomic E-state index is 13.7. The highest BCUT2D eigenvalue weighted by Gasteiger charge is 2.33. The van der Waals surface area contributed by atoms with Gasteiger partial charge in [0.15, 0.2) is 11.5 Å². The molecule has 0 spiro atoms. The lowest BCUT2D eigenvalue weighted by molar-refractivity contribution is -0.135. The average molecular weight is 523 g/mol. The standard InChI is InChI=1S/C28H30N2O6S/c1-3-11-29(28(32)19-7-8-24-25(14-19)36-18-35-24)16-27(31)30-12-9-26-22(10-13-37-26)23(30)17-34-21-6-4-5-20(15-21)33-2/h4-8,10,13-15,23H,3,9,11-12,16-18H2,1-2H3/t23-/m1/s1. The van der Waals surface area contributed by atoms with Crippen LogP contribution in [-0.2, 0) is 11.2 Å². The second-order valence-corrected chi connectivity index (χ2v) is 9.94. The lowest BCUT2D eigenvalue weighted by Gasteiger charge is -2.37. The van der Waals surface area contributed by atoms with Gasteiger partial charge < -0.3 is 28.7 Å². The molecular formula is C28H30N2O6S. The van der Waals surface area contributed by atoms with E-state index in [0.29, 0.717) is 48.3 Å². The number of carbonyl (C=O) groups excluding carboxylic acids is 2. The second kappa shape index (κ2) is 11.1. The smallest absolute Gasteiger partial charge is 0.254 e. The van der Waals surface area contributed by atoms with Crippen LogP contribution in [0, 0.1) is 0 Å². The van der Waals surface area contributed by atoms with Crippen molar-refractivity contribution in [1.82, 2.24) is 9.80 Å². The molecule has 5 rings (SSSR count). The van der Waals surface area contributed by atoms with E-state index < -0.39 is 0 Å². The molecule has 2 aromatic carbocycles. The first kappa shape index (κ1) is 25.0. The summed E-state index contributed by atoms with van der Waals surface area (Å²) < 4.78 is 22.2. The molecule has 0 bridgehead atoms. The third-order valence-electron chi connectivity index (χ3n) is 6.59. The van der Waals surface area contributed by atoms with E-state index >= 15 is 0 Å². The Hall–Kier alpha value is -3.72. The van der Waals surface area contributed by atoms with Gasteiger partial charge in [-0.1, -0.05) is 13.0 Å². The van der Waals surface area contributed by atoms with Crippen molar-refractivity contribution in [1.29, 1.82) is 0 Å². The molecule has 0 radical (unpaired) electrons. The molecule has 2 aliphatic rings. The van der Waals surface area contributed by atoms with Crippen molar-refractivity contribution in [3.63, 3.8) is 0 Å². The SMILES string of the molecule is CCCN(CC(=O)N1CCc2sccc2[C@H]1COc1cccc(OC)c1)C(=O)c1ccc2c(c1)OCO2. The van der Waals surface area contributed by atoms with Crippen LogP contribution in [0.1, 0.15) is 40.2 Å². The lowest BCUT2D eigenvalue weighted by atomic mass is 10.0. The van der Waals surface area contributed by atoms with Crippen molar-refractivity contribution < 1.29 is 28.5 Å². The van der Waals surface area contributed by atoms with Crippen molar-refractivity contribution in [3.8, 4) is 23.0 Å². The highest BCUT2D eigenvalue weighted by atomic mass is 32.1. The number of amides is 2. The Morgan fingerprint density at radius 2 is 1.95 bits per heavy atom. The van der Waals surface area contributed by atoms with Gasteiger partial charge in [0.2, 0.25) is 12.7 Å². The van der Waals surface area contributed by atoms with E-state index in [9.17, 15) is 9.59 Å². The maximum Gasteiger partial charge on any atom is 0.254 e. The highest BCUT2D eigenvalue weighted by molar-refractivity contribution is 7.10. The first-order valence-electron chi connectivity index (χ1n) is 12.4. The molecule has 37 heavy (non-hydrogen) atoms. The molecule has 0 N–H and O–H groups in total. The molecule has 1 aromatic heterocycles. The minimum absolute atomic E-state index is 0.00372. The molecule has 0 saturated carbocycles. The molecule has 0 saturated heterocycles. The quantitative estimate of drug-likeness (QED) is 0.411. The topological polar surface area (TPSA) is 77.5 Å². The molecule has 194 valence electrons. The van der Waals surface area contributed by atoms with Crippen LogP contribution in [-0.4, -0.2) is 61.8 Å². The van der Waals surface area contributed by atoms with Crippen LogP contribution in [0.3, 0.4) is 0 Å². The van der Waals surface area contributed by atoms with Gasteiger partial charge in [-0.3, -0.25) is 9.59 Å². The van der Waals surface area contributed by atoms with Crippen molar-refractivity contribution in [2.45, 2.75) is 25.8 Å². The number of nitrogens with zero attached hydrogens (tertiary/aromatic N) is 2. The number of fused-ring (bicyclic) bond motifs is 2. The van der Waals surface area contributed by atoms with E-state index in [0.717, 1.165) is 18.4 Å². The second-order valence-electron chi connectivity index (χ2n) is 8.94. The van der Waals surface area contributed by atoms with Crippen LogP contribution in [0.2, 0.25) is 0 Å². The third-order valence-corrected chi connectivity index (χ3v) is 7.59. The summed E-state index contributed by atoms with van der Waals surface area (Å²) in [5, 5.41) is 2.06. The Labute approximate surface area is 220 Å². The van der Waals surface area contributed by atoms with E-state index in [1.165, 1.54) is 4.88 Å². The maximum atomic E-state index is 13.7. The van der Waals surface area contributed by atoms with Gasteiger partial charge >= 0.3 is 0 Å². The van der Waals surface area contributed by atoms with Crippen LogP contribution in [0.15, 0.2) is 53.9 Å². The van der Waals surface area contributed by atoms with Crippen LogP contribution in [0.25, 0.3) is 0 Å². The minimum Gasteiger partial charge on any atom is -0.497 e. The Kier molecular flexibility index (Phi) is 7.50. The van der Waals surface area contributed by atoms with Gasteiger partial charge in [0, 0.05) is 29.6 Å². The number of methoxy groups -OCH3 is 1. The molecule has 3 heterocycles. The Morgan fingerprint density at radius 3 is 2.78 bits per heavy atom. The zero-order chi connectivity index (χ0) is 25.8.